The molecule has 4 rings (SSSR count). The number of thiophene rings is 1. The molecular formula is C20H16F3NOS. The Balaban J connectivity index is 1.69. The van der Waals surface area contributed by atoms with Crippen LogP contribution < -0.4 is 9.64 Å². The van der Waals surface area contributed by atoms with E-state index in [-0.39, 0.29) is 0 Å². The van der Waals surface area contributed by atoms with Gasteiger partial charge in [0.15, 0.2) is 0 Å². The minimum Gasteiger partial charge on any atom is -0.457 e. The second-order valence-corrected chi connectivity index (χ2v) is 7.63. The number of likely N-dealkylation sites (N-methyl/N-ethyl adjacent to an activating group) is 1. The zero-order valence-electron chi connectivity index (χ0n) is 14.2. The number of fused-ring (bicyclic) bond motifs is 2. The summed E-state index contributed by atoms with van der Waals surface area (Å²) in [6.45, 7) is 2.54. The maximum absolute atomic E-state index is 13.0. The summed E-state index contributed by atoms with van der Waals surface area (Å²) in [6.07, 6.45) is -2.47. The van der Waals surface area contributed by atoms with E-state index >= 15 is 0 Å². The fraction of sp³-hybridized carbons (Fsp3) is 0.200. The number of aryl methyl sites for hydroxylation is 1. The van der Waals surface area contributed by atoms with E-state index < -0.39 is 11.7 Å². The number of benzene rings is 2. The van der Waals surface area contributed by atoms with Gasteiger partial charge in [-0.1, -0.05) is 0 Å². The Bertz CT molecular complexity index is 1020. The van der Waals surface area contributed by atoms with Crippen molar-refractivity contribution in [3.05, 3.63) is 64.5 Å². The number of ether oxygens (including phenoxy) is 1. The highest BCUT2D eigenvalue weighted by atomic mass is 32.1. The Morgan fingerprint density at radius 2 is 1.88 bits per heavy atom. The Morgan fingerprint density at radius 3 is 2.65 bits per heavy atom. The lowest BCUT2D eigenvalue weighted by Crippen LogP contribution is -2.24. The first-order valence-corrected chi connectivity index (χ1v) is 8.94. The van der Waals surface area contributed by atoms with Crippen molar-refractivity contribution in [2.24, 2.45) is 0 Å². The van der Waals surface area contributed by atoms with Gasteiger partial charge >= 0.3 is 6.18 Å². The highest BCUT2D eigenvalue weighted by Gasteiger charge is 2.32. The summed E-state index contributed by atoms with van der Waals surface area (Å²) in [4.78, 5) is 3.00. The van der Waals surface area contributed by atoms with Gasteiger partial charge < -0.3 is 9.64 Å². The maximum atomic E-state index is 13.0. The van der Waals surface area contributed by atoms with Gasteiger partial charge in [-0.25, -0.2) is 0 Å². The molecule has 26 heavy (non-hydrogen) atoms. The van der Waals surface area contributed by atoms with Gasteiger partial charge in [-0.3, -0.25) is 0 Å². The molecule has 1 aromatic heterocycles. The maximum Gasteiger partial charge on any atom is 0.416 e. The van der Waals surface area contributed by atoms with E-state index in [1.807, 2.05) is 24.3 Å². The van der Waals surface area contributed by atoms with Gasteiger partial charge in [-0.05, 0) is 60.9 Å². The van der Waals surface area contributed by atoms with Crippen molar-refractivity contribution in [3.8, 4) is 5.75 Å². The first kappa shape index (κ1) is 17.0. The number of nitrogens with zero attached hydrogens (tertiary/aromatic N) is 1. The van der Waals surface area contributed by atoms with Crippen molar-refractivity contribution in [2.45, 2.75) is 13.1 Å². The summed E-state index contributed by atoms with van der Waals surface area (Å²) < 4.78 is 46.2. The molecule has 6 heteroatoms. The monoisotopic (exact) mass is 375 g/mol. The number of halogens is 3. The molecule has 0 fully saturated rings. The molecule has 1 aliphatic heterocycles. The molecule has 0 atom stereocenters. The summed E-state index contributed by atoms with van der Waals surface area (Å²) in [5, 5.41) is 1.16. The lowest BCUT2D eigenvalue weighted by molar-refractivity contribution is -0.137. The first-order valence-electron chi connectivity index (χ1n) is 8.12. The number of alkyl halides is 3. The smallest absolute Gasteiger partial charge is 0.416 e. The average molecular weight is 375 g/mol. The molecule has 1 aliphatic rings. The summed E-state index contributed by atoms with van der Waals surface area (Å²) in [5.41, 5.74) is 0.527. The molecule has 0 spiro atoms. The number of rotatable bonds is 2. The Kier molecular flexibility index (Phi) is 3.95. The lowest BCUT2D eigenvalue weighted by Gasteiger charge is -2.28. The van der Waals surface area contributed by atoms with E-state index in [0.717, 1.165) is 16.2 Å². The average Bonchev–Trinajstić information content (AvgIpc) is 2.95. The standard InChI is InChI=1S/C20H16F3NOS/c1-12-9-13-3-5-15(11-19(13)26-12)25-18-7-8-24(2)17-10-14(20(21,22)23)4-6-16(17)18/h3-7,9-11H,8H2,1-2H3. The summed E-state index contributed by atoms with van der Waals surface area (Å²) >= 11 is 1.69. The van der Waals surface area contributed by atoms with E-state index in [4.69, 9.17) is 4.74 Å². The Morgan fingerprint density at radius 1 is 1.08 bits per heavy atom. The van der Waals surface area contributed by atoms with Gasteiger partial charge in [0, 0.05) is 34.4 Å². The predicted molar refractivity (Wildman–Crippen MR) is 99.9 cm³/mol. The molecule has 0 radical (unpaired) electrons. The number of hydrogen-bond acceptors (Lipinski definition) is 3. The van der Waals surface area contributed by atoms with Gasteiger partial charge in [0.1, 0.15) is 11.5 Å². The van der Waals surface area contributed by atoms with E-state index in [1.54, 1.807) is 23.3 Å². The lowest BCUT2D eigenvalue weighted by atomic mass is 10.0. The van der Waals surface area contributed by atoms with Gasteiger partial charge in [-0.15, -0.1) is 11.3 Å². The fourth-order valence-electron chi connectivity index (χ4n) is 3.09. The predicted octanol–water partition coefficient (Wildman–Crippen LogP) is 6.10. The first-order chi connectivity index (χ1) is 12.3. The molecule has 0 aliphatic carbocycles. The van der Waals surface area contributed by atoms with Crippen molar-refractivity contribution in [1.82, 2.24) is 0 Å². The highest BCUT2D eigenvalue weighted by Crippen LogP contribution is 2.38. The van der Waals surface area contributed by atoms with Gasteiger partial charge in [-0.2, -0.15) is 13.2 Å². The molecule has 0 bridgehead atoms. The normalized spacial score (nSPS) is 14.3. The molecule has 2 aromatic carbocycles. The summed E-state index contributed by atoms with van der Waals surface area (Å²) in [7, 11) is 1.77. The van der Waals surface area contributed by atoms with Crippen LogP contribution in [0.4, 0.5) is 18.9 Å². The number of hydrogen-bond donors (Lipinski definition) is 0. The molecule has 0 saturated carbocycles. The van der Waals surface area contributed by atoms with Crippen LogP contribution in [0.1, 0.15) is 16.0 Å². The summed E-state index contributed by atoms with van der Waals surface area (Å²) in [6, 6.07) is 11.7. The van der Waals surface area contributed by atoms with Crippen LogP contribution in [0.5, 0.6) is 5.75 Å². The largest absolute Gasteiger partial charge is 0.457 e. The molecule has 0 amide bonds. The molecule has 134 valence electrons. The molecule has 2 heterocycles. The minimum absolute atomic E-state index is 0.490. The third-order valence-electron chi connectivity index (χ3n) is 4.39. The van der Waals surface area contributed by atoms with Crippen LogP contribution in [0.2, 0.25) is 0 Å². The van der Waals surface area contributed by atoms with Gasteiger partial charge in [0.2, 0.25) is 0 Å². The van der Waals surface area contributed by atoms with Crippen LogP contribution in [0.3, 0.4) is 0 Å². The SMILES string of the molecule is Cc1cc2ccc(OC3=CCN(C)c4cc(C(F)(F)F)ccc43)cc2s1. The van der Waals surface area contributed by atoms with Crippen molar-refractivity contribution in [3.63, 3.8) is 0 Å². The van der Waals surface area contributed by atoms with Crippen LogP contribution in [-0.2, 0) is 6.18 Å². The highest BCUT2D eigenvalue weighted by molar-refractivity contribution is 7.19. The number of anilines is 1. The zero-order chi connectivity index (χ0) is 18.5. The second kappa shape index (κ2) is 6.06. The third kappa shape index (κ3) is 3.05. The van der Waals surface area contributed by atoms with Crippen molar-refractivity contribution < 1.29 is 17.9 Å². The van der Waals surface area contributed by atoms with E-state index in [1.165, 1.54) is 17.0 Å². The van der Waals surface area contributed by atoms with E-state index in [0.29, 0.717) is 29.3 Å². The second-order valence-electron chi connectivity index (χ2n) is 6.34. The van der Waals surface area contributed by atoms with Gasteiger partial charge in [0.25, 0.3) is 0 Å². The quantitative estimate of drug-likeness (QED) is 0.537. The molecule has 0 N–H and O–H groups in total. The fourth-order valence-corrected chi connectivity index (χ4v) is 4.04. The molecule has 0 unspecified atom stereocenters. The Hall–Kier alpha value is -2.47. The summed E-state index contributed by atoms with van der Waals surface area (Å²) in [5.74, 6) is 1.26. The van der Waals surface area contributed by atoms with Crippen molar-refractivity contribution >= 4 is 32.9 Å². The molecule has 0 saturated heterocycles. The minimum atomic E-state index is -4.36. The topological polar surface area (TPSA) is 12.5 Å². The van der Waals surface area contributed by atoms with Crippen LogP contribution >= 0.6 is 11.3 Å². The van der Waals surface area contributed by atoms with Gasteiger partial charge in [0.05, 0.1) is 5.56 Å². The third-order valence-corrected chi connectivity index (χ3v) is 5.41. The Labute approximate surface area is 153 Å². The van der Waals surface area contributed by atoms with Crippen LogP contribution in [-0.4, -0.2) is 13.6 Å². The van der Waals surface area contributed by atoms with Crippen LogP contribution in [0.15, 0.2) is 48.5 Å². The molecule has 2 nitrogen and oxygen atoms in total. The van der Waals surface area contributed by atoms with E-state index in [9.17, 15) is 13.2 Å². The van der Waals surface area contributed by atoms with E-state index in [2.05, 4.69) is 13.0 Å². The van der Waals surface area contributed by atoms with Crippen LogP contribution in [0.25, 0.3) is 15.8 Å². The van der Waals surface area contributed by atoms with Crippen molar-refractivity contribution in [1.29, 1.82) is 0 Å². The molecular weight excluding hydrogens is 359 g/mol. The molecule has 3 aromatic rings. The zero-order valence-corrected chi connectivity index (χ0v) is 15.0. The van der Waals surface area contributed by atoms with Crippen LogP contribution in [0, 0.1) is 6.92 Å². The van der Waals surface area contributed by atoms with Crippen molar-refractivity contribution in [2.75, 3.05) is 18.5 Å².